The molecule has 0 aliphatic rings. The molecule has 0 amide bonds. The van der Waals surface area contributed by atoms with E-state index in [0.29, 0.717) is 18.7 Å². The van der Waals surface area contributed by atoms with Crippen molar-refractivity contribution in [1.82, 2.24) is 4.98 Å². The average molecular weight is 306 g/mol. The fraction of sp³-hybridized carbons (Fsp3) is 0.333. The largest absolute Gasteiger partial charge is 0.464 e. The van der Waals surface area contributed by atoms with Crippen LogP contribution in [0.2, 0.25) is 0 Å². The third-order valence-corrected chi connectivity index (χ3v) is 2.26. The minimum absolute atomic E-state index is 0.336. The van der Waals surface area contributed by atoms with Crippen molar-refractivity contribution in [1.29, 1.82) is 0 Å². The Kier molecular flexibility index (Phi) is 4.27. The zero-order valence-corrected chi connectivity index (χ0v) is 9.95. The van der Waals surface area contributed by atoms with E-state index >= 15 is 0 Å². The quantitative estimate of drug-likeness (QED) is 0.668. The SMILES string of the molecule is COC(=O)c1cc(I)cc(CCN)n1. The molecule has 1 heterocycles. The summed E-state index contributed by atoms with van der Waals surface area (Å²) in [6, 6.07) is 3.59. The molecule has 2 N–H and O–H groups in total. The minimum Gasteiger partial charge on any atom is -0.464 e. The van der Waals surface area contributed by atoms with Gasteiger partial charge in [0.2, 0.25) is 0 Å². The van der Waals surface area contributed by atoms with Crippen molar-refractivity contribution >= 4 is 28.6 Å². The molecule has 0 saturated carbocycles. The van der Waals surface area contributed by atoms with Crippen LogP contribution in [0.3, 0.4) is 0 Å². The van der Waals surface area contributed by atoms with Crippen molar-refractivity contribution in [2.75, 3.05) is 13.7 Å². The number of hydrogen-bond donors (Lipinski definition) is 1. The van der Waals surface area contributed by atoms with E-state index in [-0.39, 0.29) is 0 Å². The monoisotopic (exact) mass is 306 g/mol. The smallest absolute Gasteiger partial charge is 0.356 e. The highest BCUT2D eigenvalue weighted by Crippen LogP contribution is 2.10. The Labute approximate surface area is 96.0 Å². The normalized spacial score (nSPS) is 9.93. The maximum Gasteiger partial charge on any atom is 0.356 e. The van der Waals surface area contributed by atoms with Gasteiger partial charge in [-0.15, -0.1) is 0 Å². The zero-order valence-electron chi connectivity index (χ0n) is 7.79. The van der Waals surface area contributed by atoms with Crippen LogP contribution in [-0.4, -0.2) is 24.6 Å². The fourth-order valence-electron chi connectivity index (χ4n) is 1.04. The van der Waals surface area contributed by atoms with Crippen LogP contribution in [0.5, 0.6) is 0 Å². The molecular formula is C9H11IN2O2. The summed E-state index contributed by atoms with van der Waals surface area (Å²) in [5, 5.41) is 0. The van der Waals surface area contributed by atoms with Crippen molar-refractivity contribution in [3.05, 3.63) is 27.1 Å². The van der Waals surface area contributed by atoms with E-state index in [4.69, 9.17) is 5.73 Å². The lowest BCUT2D eigenvalue weighted by Gasteiger charge is -2.03. The number of ether oxygens (including phenoxy) is 1. The molecule has 1 rings (SSSR count). The third-order valence-electron chi connectivity index (χ3n) is 1.64. The molecule has 5 heteroatoms. The molecule has 0 spiro atoms. The molecule has 76 valence electrons. The summed E-state index contributed by atoms with van der Waals surface area (Å²) in [6.07, 6.45) is 0.667. The second-order valence-corrected chi connectivity index (χ2v) is 3.94. The van der Waals surface area contributed by atoms with Gasteiger partial charge in [-0.25, -0.2) is 9.78 Å². The highest BCUT2D eigenvalue weighted by Gasteiger charge is 2.09. The van der Waals surface area contributed by atoms with Crippen LogP contribution in [0.4, 0.5) is 0 Å². The average Bonchev–Trinajstić information content (AvgIpc) is 2.16. The first kappa shape index (κ1) is 11.4. The van der Waals surface area contributed by atoms with Gasteiger partial charge in [-0.3, -0.25) is 0 Å². The molecular weight excluding hydrogens is 295 g/mol. The lowest BCUT2D eigenvalue weighted by atomic mass is 10.2. The zero-order chi connectivity index (χ0) is 10.6. The van der Waals surface area contributed by atoms with Gasteiger partial charge >= 0.3 is 5.97 Å². The van der Waals surface area contributed by atoms with Crippen molar-refractivity contribution in [3.8, 4) is 0 Å². The number of halogens is 1. The van der Waals surface area contributed by atoms with E-state index in [1.165, 1.54) is 7.11 Å². The molecule has 0 aromatic carbocycles. The first-order valence-electron chi connectivity index (χ1n) is 4.12. The van der Waals surface area contributed by atoms with E-state index in [0.717, 1.165) is 9.26 Å². The van der Waals surface area contributed by atoms with E-state index in [2.05, 4.69) is 32.3 Å². The van der Waals surface area contributed by atoms with Gasteiger partial charge in [-0.2, -0.15) is 0 Å². The summed E-state index contributed by atoms with van der Waals surface area (Å²) >= 11 is 2.13. The van der Waals surface area contributed by atoms with Crippen LogP contribution in [-0.2, 0) is 11.2 Å². The summed E-state index contributed by atoms with van der Waals surface area (Å²) < 4.78 is 5.55. The molecule has 0 aliphatic carbocycles. The molecule has 0 aliphatic heterocycles. The summed E-state index contributed by atoms with van der Waals surface area (Å²) in [5.74, 6) is -0.415. The second kappa shape index (κ2) is 5.26. The Hall–Kier alpha value is -0.690. The van der Waals surface area contributed by atoms with Gasteiger partial charge in [-0.1, -0.05) is 0 Å². The molecule has 14 heavy (non-hydrogen) atoms. The lowest BCUT2D eigenvalue weighted by molar-refractivity contribution is 0.0593. The number of esters is 1. The first-order chi connectivity index (χ1) is 6.67. The van der Waals surface area contributed by atoms with Gasteiger partial charge in [0.05, 0.1) is 7.11 Å². The van der Waals surface area contributed by atoms with Crippen molar-refractivity contribution in [2.24, 2.45) is 5.73 Å². The number of aromatic nitrogens is 1. The Morgan fingerprint density at radius 2 is 2.36 bits per heavy atom. The van der Waals surface area contributed by atoms with Crippen LogP contribution in [0, 0.1) is 3.57 Å². The van der Waals surface area contributed by atoms with Gasteiger partial charge in [0.25, 0.3) is 0 Å². The number of pyridine rings is 1. The number of carbonyl (C=O) groups excluding carboxylic acids is 1. The Morgan fingerprint density at radius 3 is 2.93 bits per heavy atom. The predicted octanol–water partition coefficient (Wildman–Crippen LogP) is 0.974. The van der Waals surface area contributed by atoms with E-state index in [9.17, 15) is 4.79 Å². The van der Waals surface area contributed by atoms with Crippen LogP contribution >= 0.6 is 22.6 Å². The van der Waals surface area contributed by atoms with E-state index < -0.39 is 5.97 Å². The number of rotatable bonds is 3. The van der Waals surface area contributed by atoms with E-state index in [1.807, 2.05) is 6.07 Å². The van der Waals surface area contributed by atoms with Crippen molar-refractivity contribution < 1.29 is 9.53 Å². The molecule has 1 aromatic heterocycles. The maximum atomic E-state index is 11.2. The highest BCUT2D eigenvalue weighted by molar-refractivity contribution is 14.1. The van der Waals surface area contributed by atoms with Crippen molar-refractivity contribution in [2.45, 2.75) is 6.42 Å². The van der Waals surface area contributed by atoms with Gasteiger partial charge < -0.3 is 10.5 Å². The van der Waals surface area contributed by atoms with Crippen molar-refractivity contribution in [3.63, 3.8) is 0 Å². The fourth-order valence-corrected chi connectivity index (χ4v) is 1.69. The van der Waals surface area contributed by atoms with Gasteiger partial charge in [0.15, 0.2) is 0 Å². The number of nitrogens with zero attached hydrogens (tertiary/aromatic N) is 1. The number of hydrogen-bond acceptors (Lipinski definition) is 4. The van der Waals surface area contributed by atoms with E-state index in [1.54, 1.807) is 6.07 Å². The Morgan fingerprint density at radius 1 is 1.64 bits per heavy atom. The van der Waals surface area contributed by atoms with Crippen LogP contribution in [0.1, 0.15) is 16.2 Å². The number of methoxy groups -OCH3 is 1. The molecule has 4 nitrogen and oxygen atoms in total. The van der Waals surface area contributed by atoms with Crippen LogP contribution in [0.25, 0.3) is 0 Å². The third kappa shape index (κ3) is 2.91. The second-order valence-electron chi connectivity index (χ2n) is 2.69. The number of nitrogens with two attached hydrogens (primary N) is 1. The van der Waals surface area contributed by atoms with Gasteiger partial charge in [-0.05, 0) is 41.3 Å². The lowest BCUT2D eigenvalue weighted by Crippen LogP contribution is -2.10. The molecule has 0 unspecified atom stereocenters. The summed E-state index contributed by atoms with van der Waals surface area (Å²) in [5.41, 5.74) is 6.57. The van der Waals surface area contributed by atoms with Crippen LogP contribution < -0.4 is 5.73 Å². The Bertz CT molecular complexity index is 342. The minimum atomic E-state index is -0.415. The molecule has 0 radical (unpaired) electrons. The van der Waals surface area contributed by atoms with Gasteiger partial charge in [0.1, 0.15) is 5.69 Å². The molecule has 1 aromatic rings. The predicted molar refractivity (Wildman–Crippen MR) is 61.1 cm³/mol. The standard InChI is InChI=1S/C9H11IN2O2/c1-14-9(13)8-5-6(10)4-7(12-8)2-3-11/h4-5H,2-3,11H2,1H3. The van der Waals surface area contributed by atoms with Crippen LogP contribution in [0.15, 0.2) is 12.1 Å². The molecule has 0 fully saturated rings. The topological polar surface area (TPSA) is 65.2 Å². The molecule has 0 saturated heterocycles. The maximum absolute atomic E-state index is 11.2. The summed E-state index contributed by atoms with van der Waals surface area (Å²) in [4.78, 5) is 15.3. The Balaban J connectivity index is 3.00. The summed E-state index contributed by atoms with van der Waals surface area (Å²) in [7, 11) is 1.34. The molecule has 0 bridgehead atoms. The highest BCUT2D eigenvalue weighted by atomic mass is 127. The van der Waals surface area contributed by atoms with Gasteiger partial charge in [0, 0.05) is 15.7 Å². The summed E-state index contributed by atoms with van der Waals surface area (Å²) in [6.45, 7) is 0.522. The molecule has 0 atom stereocenters. The first-order valence-corrected chi connectivity index (χ1v) is 5.20. The number of carbonyl (C=O) groups is 1.